The van der Waals surface area contributed by atoms with Crippen LogP contribution in [-0.2, 0) is 29.2 Å². The Morgan fingerprint density at radius 1 is 0.904 bits per heavy atom. The first-order chi connectivity index (χ1) is 25.4. The number of aryl methyl sites for hydroxylation is 1. The number of hydrogen-bond donors (Lipinski definition) is 3. The normalized spacial score (nSPS) is 14.7. The highest BCUT2D eigenvalue weighted by Gasteiger charge is 2.28. The minimum absolute atomic E-state index is 0.0759. The summed E-state index contributed by atoms with van der Waals surface area (Å²) in [4.78, 5) is 32.8. The number of rotatable bonds is 13. The summed E-state index contributed by atoms with van der Waals surface area (Å²) in [5, 5.41) is 18.9. The molecule has 11 nitrogen and oxygen atoms in total. The van der Waals surface area contributed by atoms with E-state index in [2.05, 4.69) is 20.9 Å². The van der Waals surface area contributed by atoms with Gasteiger partial charge in [-0.1, -0.05) is 66.7 Å². The Kier molecular flexibility index (Phi) is 12.0. The van der Waals surface area contributed by atoms with Crippen LogP contribution < -0.4 is 25.4 Å². The molecule has 1 aliphatic rings. The van der Waals surface area contributed by atoms with Gasteiger partial charge in [0, 0.05) is 24.2 Å². The zero-order valence-corrected chi connectivity index (χ0v) is 29.1. The number of benzene rings is 4. The third kappa shape index (κ3) is 9.91. The van der Waals surface area contributed by atoms with Crippen LogP contribution in [0.5, 0.6) is 11.5 Å². The molecule has 6 rings (SSSR count). The second-order valence-corrected chi connectivity index (χ2v) is 12.7. The topological polar surface area (TPSA) is 141 Å². The molecule has 0 spiro atoms. The van der Waals surface area contributed by atoms with Gasteiger partial charge in [0.1, 0.15) is 30.6 Å². The molecule has 5 aromatic rings. The maximum Gasteiger partial charge on any atom is 0.247 e. The van der Waals surface area contributed by atoms with Crippen molar-refractivity contribution in [1.29, 1.82) is 5.26 Å². The van der Waals surface area contributed by atoms with Crippen LogP contribution in [0.2, 0.25) is 0 Å². The Bertz CT molecular complexity index is 2040. The first-order valence-corrected chi connectivity index (χ1v) is 17.5. The Hall–Kier alpha value is -6.28. The fraction of sp³-hybridized carbons (Fsp3) is 0.268. The second kappa shape index (κ2) is 17.6. The molecule has 0 radical (unpaired) electrons. The van der Waals surface area contributed by atoms with E-state index in [9.17, 15) is 14.9 Å². The summed E-state index contributed by atoms with van der Waals surface area (Å²) in [6.07, 6.45) is 4.48. The monoisotopic (exact) mass is 698 g/mol. The van der Waals surface area contributed by atoms with Crippen molar-refractivity contribution in [3.05, 3.63) is 126 Å². The standard InChI is InChI=1S/C41H42N6O5/c1-29-22-33-24-34(16-18-36(33)52-29)45-41(44-28-42)46-35-14-8-9-21-47(40(35)49)25-39(48)43-20-19-30-15-17-37(50-26-31-10-4-2-5-11-31)38(23-30)51-27-32-12-6-3-7-13-32/h2-7,10-13,15-18,22-24,35H,8-9,14,19-21,25-27H2,1H3,(H,43,48)(H2,44,45,46)/t35-/m0/s1. The van der Waals surface area contributed by atoms with Crippen molar-refractivity contribution in [3.63, 3.8) is 0 Å². The first-order valence-electron chi connectivity index (χ1n) is 17.5. The van der Waals surface area contributed by atoms with E-state index in [1.807, 2.05) is 116 Å². The molecule has 1 aromatic heterocycles. The van der Waals surface area contributed by atoms with Gasteiger partial charge in [0.2, 0.25) is 17.8 Å². The lowest BCUT2D eigenvalue weighted by molar-refractivity contribution is -0.136. The van der Waals surface area contributed by atoms with Gasteiger partial charge in [0.05, 0.1) is 6.54 Å². The summed E-state index contributed by atoms with van der Waals surface area (Å²) in [7, 11) is 0. The van der Waals surface area contributed by atoms with Crippen molar-refractivity contribution in [1.82, 2.24) is 15.5 Å². The molecule has 52 heavy (non-hydrogen) atoms. The summed E-state index contributed by atoms with van der Waals surface area (Å²) in [6.45, 7) is 3.44. The Labute approximate surface area is 303 Å². The number of aliphatic imine (C=N–C) groups is 1. The lowest BCUT2D eigenvalue weighted by Crippen LogP contribution is -2.44. The zero-order valence-electron chi connectivity index (χ0n) is 29.1. The van der Waals surface area contributed by atoms with Crippen molar-refractivity contribution in [2.24, 2.45) is 4.99 Å². The molecule has 3 N–H and O–H groups in total. The summed E-state index contributed by atoms with van der Waals surface area (Å²) in [5.74, 6) is 1.72. The van der Waals surface area contributed by atoms with Gasteiger partial charge in [-0.15, -0.1) is 0 Å². The van der Waals surface area contributed by atoms with E-state index in [1.165, 1.54) is 0 Å². The third-order valence-electron chi connectivity index (χ3n) is 8.67. The number of nitrogens with zero attached hydrogens (tertiary/aromatic N) is 3. The number of hydrogen-bond acceptors (Lipinski definition) is 7. The average Bonchev–Trinajstić information content (AvgIpc) is 3.45. The van der Waals surface area contributed by atoms with Gasteiger partial charge in [-0.25, -0.2) is 4.99 Å². The Morgan fingerprint density at radius 2 is 1.63 bits per heavy atom. The number of guanidine groups is 1. The van der Waals surface area contributed by atoms with E-state index in [1.54, 1.807) is 4.90 Å². The number of ether oxygens (including phenoxy) is 2. The number of nitriles is 1. The smallest absolute Gasteiger partial charge is 0.247 e. The molecule has 1 atom stereocenters. The van der Waals surface area contributed by atoms with Crippen LogP contribution in [-0.4, -0.2) is 48.3 Å². The van der Waals surface area contributed by atoms with Crippen LogP contribution in [0, 0.1) is 18.4 Å². The molecule has 0 aliphatic carbocycles. The van der Waals surface area contributed by atoms with Crippen LogP contribution in [0.15, 0.2) is 113 Å². The van der Waals surface area contributed by atoms with Crippen LogP contribution in [0.3, 0.4) is 0 Å². The Morgan fingerprint density at radius 3 is 2.37 bits per heavy atom. The van der Waals surface area contributed by atoms with Crippen molar-refractivity contribution in [3.8, 4) is 17.7 Å². The molecule has 4 aromatic carbocycles. The van der Waals surface area contributed by atoms with Crippen LogP contribution in [0.4, 0.5) is 5.69 Å². The molecule has 1 fully saturated rings. The maximum absolute atomic E-state index is 13.6. The predicted molar refractivity (Wildman–Crippen MR) is 200 cm³/mol. The Balaban J connectivity index is 1.05. The zero-order chi connectivity index (χ0) is 36.1. The lowest BCUT2D eigenvalue weighted by atomic mass is 10.1. The summed E-state index contributed by atoms with van der Waals surface area (Å²) >= 11 is 0. The van der Waals surface area contributed by atoms with Crippen LogP contribution in [0.1, 0.15) is 41.7 Å². The quantitative estimate of drug-likeness (QED) is 0.0550. The SMILES string of the molecule is Cc1cc2cc(NC(=N[C@H]3CCCCN(CC(=O)NCCc4ccc(OCc5ccccc5)c(OCc5ccccc5)c4)C3=O)NC#N)ccc2o1. The van der Waals surface area contributed by atoms with Crippen LogP contribution >= 0.6 is 0 Å². The van der Waals surface area contributed by atoms with Gasteiger partial charge in [0.15, 0.2) is 17.7 Å². The number of carbonyl (C=O) groups excluding carboxylic acids is 2. The average molecular weight is 699 g/mol. The minimum Gasteiger partial charge on any atom is -0.485 e. The predicted octanol–water partition coefficient (Wildman–Crippen LogP) is 6.48. The van der Waals surface area contributed by atoms with Gasteiger partial charge < -0.3 is 29.4 Å². The van der Waals surface area contributed by atoms with E-state index < -0.39 is 6.04 Å². The number of amides is 2. The molecule has 0 bridgehead atoms. The minimum atomic E-state index is -0.740. The summed E-state index contributed by atoms with van der Waals surface area (Å²) in [6, 6.07) is 32.4. The van der Waals surface area contributed by atoms with Crippen molar-refractivity contribution >= 4 is 34.4 Å². The lowest BCUT2D eigenvalue weighted by Gasteiger charge is -2.22. The van der Waals surface area contributed by atoms with E-state index in [0.717, 1.165) is 46.3 Å². The molecule has 0 saturated carbocycles. The van der Waals surface area contributed by atoms with E-state index in [-0.39, 0.29) is 24.3 Å². The molecule has 1 aliphatic heterocycles. The molecule has 266 valence electrons. The first kappa shape index (κ1) is 35.5. The van der Waals surface area contributed by atoms with Gasteiger partial charge in [0.25, 0.3) is 0 Å². The molecular weight excluding hydrogens is 656 g/mol. The van der Waals surface area contributed by atoms with Crippen LogP contribution in [0.25, 0.3) is 11.0 Å². The molecule has 1 saturated heterocycles. The van der Waals surface area contributed by atoms with Gasteiger partial charge in [-0.3, -0.25) is 14.9 Å². The number of likely N-dealkylation sites (tertiary alicyclic amines) is 1. The molecule has 2 heterocycles. The van der Waals surface area contributed by atoms with Gasteiger partial charge in [-0.05, 0) is 85.7 Å². The highest BCUT2D eigenvalue weighted by Crippen LogP contribution is 2.30. The van der Waals surface area contributed by atoms with E-state index in [0.29, 0.717) is 56.3 Å². The molecule has 2 amide bonds. The third-order valence-corrected chi connectivity index (χ3v) is 8.67. The second-order valence-electron chi connectivity index (χ2n) is 12.7. The number of anilines is 1. The van der Waals surface area contributed by atoms with Gasteiger partial charge in [-0.2, -0.15) is 5.26 Å². The van der Waals surface area contributed by atoms with E-state index >= 15 is 0 Å². The molecule has 0 unspecified atom stereocenters. The maximum atomic E-state index is 13.6. The molecular formula is C41H42N6O5. The highest BCUT2D eigenvalue weighted by atomic mass is 16.5. The number of carbonyl (C=O) groups is 2. The fourth-order valence-corrected chi connectivity index (χ4v) is 6.04. The molecule has 11 heteroatoms. The number of furan rings is 1. The summed E-state index contributed by atoms with van der Waals surface area (Å²) in [5.41, 5.74) is 4.52. The number of nitrogens with one attached hydrogen (secondary N) is 3. The highest BCUT2D eigenvalue weighted by molar-refractivity contribution is 5.98. The van der Waals surface area contributed by atoms with E-state index in [4.69, 9.17) is 13.9 Å². The fourth-order valence-electron chi connectivity index (χ4n) is 6.04. The largest absolute Gasteiger partial charge is 0.485 e. The van der Waals surface area contributed by atoms with Crippen molar-refractivity contribution in [2.45, 2.75) is 51.9 Å². The van der Waals surface area contributed by atoms with Gasteiger partial charge >= 0.3 is 0 Å². The summed E-state index contributed by atoms with van der Waals surface area (Å²) < 4.78 is 18.0. The number of fused-ring (bicyclic) bond motifs is 1. The van der Waals surface area contributed by atoms with Crippen molar-refractivity contribution in [2.75, 3.05) is 25.0 Å². The van der Waals surface area contributed by atoms with Crippen molar-refractivity contribution < 1.29 is 23.5 Å².